The van der Waals surface area contributed by atoms with Gasteiger partial charge < -0.3 is 9.13 Å². The van der Waals surface area contributed by atoms with Crippen LogP contribution in [0, 0.1) is 20.8 Å². The minimum Gasteiger partial charge on any atom is -0.348 e. The summed E-state index contributed by atoms with van der Waals surface area (Å²) < 4.78 is 4.17. The van der Waals surface area contributed by atoms with Gasteiger partial charge in [-0.2, -0.15) is 0 Å². The third-order valence-electron chi connectivity index (χ3n) is 3.87. The number of nitrogens with zero attached hydrogens (tertiary/aromatic N) is 4. The fraction of sp³-hybridized carbons (Fsp3) is 0.471. The summed E-state index contributed by atoms with van der Waals surface area (Å²) in [6.07, 6.45) is 2.86. The van der Waals surface area contributed by atoms with Gasteiger partial charge in [-0.05, 0) is 33.3 Å². The number of Topliss-reactive ketones (excluding diaryl/α,β-unsaturated/α-hetero) is 1. The topological polar surface area (TPSA) is 52.7 Å². The van der Waals surface area contributed by atoms with Crippen molar-refractivity contribution in [1.29, 1.82) is 0 Å². The lowest BCUT2D eigenvalue weighted by Gasteiger charge is -2.08. The molecule has 124 valence electrons. The molecule has 0 bridgehead atoms. The summed E-state index contributed by atoms with van der Waals surface area (Å²) in [7, 11) is 0. The third kappa shape index (κ3) is 3.75. The maximum Gasteiger partial charge on any atom is 0.191 e. The minimum absolute atomic E-state index is 0.135. The molecule has 5 nitrogen and oxygen atoms in total. The van der Waals surface area contributed by atoms with Gasteiger partial charge in [0.2, 0.25) is 0 Å². The number of hydrogen-bond acceptors (Lipinski definition) is 4. The van der Waals surface area contributed by atoms with E-state index in [1.54, 1.807) is 6.08 Å². The van der Waals surface area contributed by atoms with E-state index in [4.69, 9.17) is 0 Å². The first-order chi connectivity index (χ1) is 11.0. The summed E-state index contributed by atoms with van der Waals surface area (Å²) in [6, 6.07) is 1.99. The lowest BCUT2D eigenvalue weighted by atomic mass is 10.2. The van der Waals surface area contributed by atoms with E-state index in [9.17, 15) is 4.79 Å². The molecule has 0 saturated carbocycles. The van der Waals surface area contributed by atoms with Crippen molar-refractivity contribution >= 4 is 17.5 Å². The second kappa shape index (κ2) is 7.64. The van der Waals surface area contributed by atoms with E-state index >= 15 is 0 Å². The van der Waals surface area contributed by atoms with Crippen molar-refractivity contribution in [2.45, 2.75) is 52.4 Å². The highest BCUT2D eigenvalue weighted by Gasteiger charge is 2.17. The molecule has 0 saturated heterocycles. The zero-order chi connectivity index (χ0) is 17.0. The van der Waals surface area contributed by atoms with Gasteiger partial charge in [-0.15, -0.1) is 16.8 Å². The van der Waals surface area contributed by atoms with Crippen molar-refractivity contribution in [3.63, 3.8) is 0 Å². The highest BCUT2D eigenvalue weighted by atomic mass is 32.2. The molecule has 2 aromatic rings. The van der Waals surface area contributed by atoms with E-state index in [0.29, 0.717) is 12.3 Å². The number of carbonyl (C=O) groups is 1. The van der Waals surface area contributed by atoms with Gasteiger partial charge in [0.15, 0.2) is 10.9 Å². The first-order valence-electron chi connectivity index (χ1n) is 7.83. The molecule has 0 unspecified atom stereocenters. The molecule has 0 aromatic carbocycles. The van der Waals surface area contributed by atoms with E-state index in [1.165, 1.54) is 11.8 Å². The summed E-state index contributed by atoms with van der Waals surface area (Å²) in [4.78, 5) is 12.6. The van der Waals surface area contributed by atoms with Gasteiger partial charge in [0, 0.05) is 30.0 Å². The Morgan fingerprint density at radius 2 is 2.04 bits per heavy atom. The average molecular weight is 332 g/mol. The number of aromatic nitrogens is 4. The lowest BCUT2D eigenvalue weighted by Crippen LogP contribution is -2.08. The smallest absolute Gasteiger partial charge is 0.191 e. The van der Waals surface area contributed by atoms with Crippen LogP contribution in [0.1, 0.15) is 40.9 Å². The average Bonchev–Trinajstić information content (AvgIpc) is 3.01. The quantitative estimate of drug-likeness (QED) is 0.421. The van der Waals surface area contributed by atoms with Crippen LogP contribution in [0.4, 0.5) is 0 Å². The van der Waals surface area contributed by atoms with E-state index in [-0.39, 0.29) is 5.78 Å². The SMILES string of the molecule is C=CCn1c(C)nnc1SCC(=O)c1cc(C)n(CCC)c1C. The van der Waals surface area contributed by atoms with Crippen LogP contribution >= 0.6 is 11.8 Å². The number of aryl methyl sites for hydroxylation is 2. The lowest BCUT2D eigenvalue weighted by molar-refractivity contribution is 0.102. The summed E-state index contributed by atoms with van der Waals surface area (Å²) in [5.41, 5.74) is 3.01. The standard InChI is InChI=1S/C17H24N4OS/c1-6-8-20-12(3)10-15(13(20)4)16(22)11-23-17-19-18-14(5)21(17)9-7-2/h7,10H,2,6,8-9,11H2,1,3-5H3. The largest absolute Gasteiger partial charge is 0.348 e. The second-order valence-corrected chi connectivity index (χ2v) is 6.52. The molecule has 0 aliphatic rings. The van der Waals surface area contributed by atoms with E-state index in [0.717, 1.165) is 40.9 Å². The Morgan fingerprint density at radius 1 is 1.30 bits per heavy atom. The molecule has 0 fully saturated rings. The monoisotopic (exact) mass is 332 g/mol. The van der Waals surface area contributed by atoms with Crippen molar-refractivity contribution in [2.75, 3.05) is 5.75 Å². The van der Waals surface area contributed by atoms with E-state index in [2.05, 4.69) is 35.2 Å². The molecular weight excluding hydrogens is 308 g/mol. The fourth-order valence-electron chi connectivity index (χ4n) is 2.67. The first-order valence-corrected chi connectivity index (χ1v) is 8.81. The molecule has 2 aromatic heterocycles. The first kappa shape index (κ1) is 17.5. The summed E-state index contributed by atoms with van der Waals surface area (Å²) >= 11 is 1.43. The van der Waals surface area contributed by atoms with Crippen LogP contribution in [0.5, 0.6) is 0 Å². The molecule has 0 N–H and O–H groups in total. The van der Waals surface area contributed by atoms with Crippen molar-refractivity contribution in [1.82, 2.24) is 19.3 Å². The van der Waals surface area contributed by atoms with Gasteiger partial charge in [-0.25, -0.2) is 0 Å². The van der Waals surface area contributed by atoms with Crippen LogP contribution in [0.3, 0.4) is 0 Å². The third-order valence-corrected chi connectivity index (χ3v) is 4.83. The maximum atomic E-state index is 12.6. The zero-order valence-corrected chi connectivity index (χ0v) is 15.1. The Bertz CT molecular complexity index is 714. The van der Waals surface area contributed by atoms with Crippen LogP contribution in [-0.2, 0) is 13.1 Å². The highest BCUT2D eigenvalue weighted by molar-refractivity contribution is 7.99. The molecule has 0 amide bonds. The molecule has 0 aliphatic heterocycles. The zero-order valence-electron chi connectivity index (χ0n) is 14.3. The van der Waals surface area contributed by atoms with Crippen molar-refractivity contribution < 1.29 is 4.79 Å². The van der Waals surface area contributed by atoms with Gasteiger partial charge >= 0.3 is 0 Å². The predicted molar refractivity (Wildman–Crippen MR) is 94.2 cm³/mol. The Morgan fingerprint density at radius 3 is 2.70 bits per heavy atom. The Labute approximate surface area is 141 Å². The Kier molecular flexibility index (Phi) is 5.82. The number of carbonyl (C=O) groups excluding carboxylic acids is 1. The molecule has 6 heteroatoms. The van der Waals surface area contributed by atoms with Gasteiger partial charge in [0.05, 0.1) is 5.75 Å². The number of rotatable bonds is 8. The molecule has 0 aliphatic carbocycles. The van der Waals surface area contributed by atoms with Crippen LogP contribution in [0.15, 0.2) is 23.9 Å². The highest BCUT2D eigenvalue weighted by Crippen LogP contribution is 2.22. The minimum atomic E-state index is 0.135. The number of hydrogen-bond donors (Lipinski definition) is 0. The molecule has 2 heterocycles. The van der Waals surface area contributed by atoms with Crippen molar-refractivity contribution in [3.8, 4) is 0 Å². The Balaban J connectivity index is 2.11. The van der Waals surface area contributed by atoms with Crippen LogP contribution in [0.25, 0.3) is 0 Å². The molecule has 0 radical (unpaired) electrons. The van der Waals surface area contributed by atoms with E-state index < -0.39 is 0 Å². The number of thioether (sulfide) groups is 1. The molecule has 23 heavy (non-hydrogen) atoms. The normalized spacial score (nSPS) is 11.0. The molecule has 2 rings (SSSR count). The number of allylic oxidation sites excluding steroid dienone is 1. The molecular formula is C17H24N4OS. The molecule has 0 spiro atoms. The summed E-state index contributed by atoms with van der Waals surface area (Å²) in [5, 5.41) is 8.98. The van der Waals surface area contributed by atoms with Crippen molar-refractivity contribution in [3.05, 3.63) is 41.5 Å². The summed E-state index contributed by atoms with van der Waals surface area (Å²) in [5.74, 6) is 1.34. The van der Waals surface area contributed by atoms with Crippen LogP contribution in [0.2, 0.25) is 0 Å². The van der Waals surface area contributed by atoms with E-state index in [1.807, 2.05) is 24.5 Å². The molecule has 0 atom stereocenters. The van der Waals surface area contributed by atoms with Gasteiger partial charge in [-0.3, -0.25) is 4.79 Å². The van der Waals surface area contributed by atoms with Crippen molar-refractivity contribution in [2.24, 2.45) is 0 Å². The van der Waals surface area contributed by atoms with Crippen LogP contribution < -0.4 is 0 Å². The Hall–Kier alpha value is -1.82. The van der Waals surface area contributed by atoms with Crippen LogP contribution in [-0.4, -0.2) is 30.9 Å². The maximum absolute atomic E-state index is 12.6. The predicted octanol–water partition coefficient (Wildman–Crippen LogP) is 3.58. The second-order valence-electron chi connectivity index (χ2n) is 5.58. The van der Waals surface area contributed by atoms with Gasteiger partial charge in [0.1, 0.15) is 5.82 Å². The van der Waals surface area contributed by atoms with Gasteiger partial charge in [0.25, 0.3) is 0 Å². The number of ketones is 1. The fourth-order valence-corrected chi connectivity index (χ4v) is 3.54. The summed E-state index contributed by atoms with van der Waals surface area (Å²) in [6.45, 7) is 13.5. The van der Waals surface area contributed by atoms with Gasteiger partial charge in [-0.1, -0.05) is 24.8 Å².